The van der Waals surface area contributed by atoms with Crippen molar-refractivity contribution < 1.29 is 4.79 Å². The lowest BCUT2D eigenvalue weighted by Gasteiger charge is -2.11. The molecule has 1 N–H and O–H groups in total. The molecule has 0 saturated heterocycles. The molecular weight excluding hydrogens is 348 g/mol. The standard InChI is InChI=1S/C19H18N4O2S/c1-11(2)22-8-7-13-15(5-4-6-16(13)22)21-17(24)14-9-20-19-23(18(14)25)10-12(3)26-19/h4-11H,1-3H3,(H,21,24). The first-order valence-corrected chi connectivity index (χ1v) is 9.16. The number of aromatic nitrogens is 3. The maximum absolute atomic E-state index is 12.7. The zero-order valence-corrected chi connectivity index (χ0v) is 15.5. The molecule has 3 aromatic heterocycles. The topological polar surface area (TPSA) is 68.4 Å². The fourth-order valence-electron chi connectivity index (χ4n) is 3.09. The number of nitrogens with zero attached hydrogens (tertiary/aromatic N) is 3. The number of carbonyl (C=O) groups excluding carboxylic acids is 1. The number of fused-ring (bicyclic) bond motifs is 2. The third-order valence-electron chi connectivity index (χ3n) is 4.33. The fraction of sp³-hybridized carbons (Fsp3) is 0.211. The smallest absolute Gasteiger partial charge is 0.271 e. The summed E-state index contributed by atoms with van der Waals surface area (Å²) in [7, 11) is 0. The predicted octanol–water partition coefficient (Wildman–Crippen LogP) is 3.85. The monoisotopic (exact) mass is 366 g/mol. The van der Waals surface area contributed by atoms with Gasteiger partial charge in [-0.1, -0.05) is 6.07 Å². The lowest BCUT2D eigenvalue weighted by molar-refractivity contribution is 0.102. The second kappa shape index (κ2) is 6.10. The van der Waals surface area contributed by atoms with Crippen molar-refractivity contribution in [2.75, 3.05) is 5.32 Å². The van der Waals surface area contributed by atoms with E-state index in [-0.39, 0.29) is 11.1 Å². The van der Waals surface area contributed by atoms with Crippen LogP contribution in [0.5, 0.6) is 0 Å². The Bertz CT molecular complexity index is 1200. The van der Waals surface area contributed by atoms with Crippen LogP contribution in [0.25, 0.3) is 15.9 Å². The quantitative estimate of drug-likeness (QED) is 0.599. The Balaban J connectivity index is 1.74. The van der Waals surface area contributed by atoms with Crippen molar-refractivity contribution in [1.82, 2.24) is 14.0 Å². The maximum Gasteiger partial charge on any atom is 0.271 e. The van der Waals surface area contributed by atoms with Crippen molar-refractivity contribution in [3.8, 4) is 0 Å². The van der Waals surface area contributed by atoms with Gasteiger partial charge in [-0.2, -0.15) is 0 Å². The van der Waals surface area contributed by atoms with Crippen LogP contribution >= 0.6 is 11.3 Å². The van der Waals surface area contributed by atoms with Gasteiger partial charge in [0.25, 0.3) is 11.5 Å². The van der Waals surface area contributed by atoms with Crippen molar-refractivity contribution >= 4 is 38.8 Å². The largest absolute Gasteiger partial charge is 0.345 e. The molecule has 1 aromatic carbocycles. The number of hydrogen-bond acceptors (Lipinski definition) is 4. The summed E-state index contributed by atoms with van der Waals surface area (Å²) >= 11 is 1.42. The van der Waals surface area contributed by atoms with Gasteiger partial charge in [-0.25, -0.2) is 4.98 Å². The summed E-state index contributed by atoms with van der Waals surface area (Å²) in [5.41, 5.74) is 1.39. The number of hydrogen-bond donors (Lipinski definition) is 1. The van der Waals surface area contributed by atoms with E-state index in [0.717, 1.165) is 15.8 Å². The van der Waals surface area contributed by atoms with Crippen LogP contribution in [0, 0.1) is 6.92 Å². The van der Waals surface area contributed by atoms with Gasteiger partial charge >= 0.3 is 0 Å². The Morgan fingerprint density at radius 1 is 1.27 bits per heavy atom. The summed E-state index contributed by atoms with van der Waals surface area (Å²) in [6.07, 6.45) is 5.06. The molecule has 0 aliphatic rings. The molecular formula is C19H18N4O2S. The molecule has 0 aliphatic carbocycles. The Kier molecular flexibility index (Phi) is 3.88. The molecule has 0 bridgehead atoms. The Morgan fingerprint density at radius 2 is 2.08 bits per heavy atom. The SMILES string of the molecule is Cc1cn2c(=O)c(C(=O)Nc3cccc4c3ccn4C(C)C)cnc2s1. The first kappa shape index (κ1) is 16.5. The van der Waals surface area contributed by atoms with E-state index in [4.69, 9.17) is 0 Å². The van der Waals surface area contributed by atoms with Gasteiger partial charge in [0.15, 0.2) is 4.96 Å². The molecule has 0 unspecified atom stereocenters. The molecule has 0 aliphatic heterocycles. The van der Waals surface area contributed by atoms with Crippen LogP contribution in [0.4, 0.5) is 5.69 Å². The summed E-state index contributed by atoms with van der Waals surface area (Å²) in [4.78, 5) is 31.1. The summed E-state index contributed by atoms with van der Waals surface area (Å²) in [6, 6.07) is 8.04. The van der Waals surface area contributed by atoms with E-state index < -0.39 is 5.91 Å². The molecule has 0 saturated carbocycles. The first-order valence-electron chi connectivity index (χ1n) is 8.34. The van der Waals surface area contributed by atoms with E-state index in [1.165, 1.54) is 21.9 Å². The number of carbonyl (C=O) groups is 1. The van der Waals surface area contributed by atoms with Crippen molar-refractivity contribution in [1.29, 1.82) is 0 Å². The van der Waals surface area contributed by atoms with E-state index >= 15 is 0 Å². The molecule has 0 spiro atoms. The molecule has 3 heterocycles. The molecule has 4 aromatic rings. The van der Waals surface area contributed by atoms with Crippen molar-refractivity contribution in [2.45, 2.75) is 26.8 Å². The summed E-state index contributed by atoms with van der Waals surface area (Å²) in [5.74, 6) is -0.453. The number of rotatable bonds is 3. The normalized spacial score (nSPS) is 11.5. The lowest BCUT2D eigenvalue weighted by Crippen LogP contribution is -2.25. The summed E-state index contributed by atoms with van der Waals surface area (Å²) in [6.45, 7) is 6.11. The highest BCUT2D eigenvalue weighted by atomic mass is 32.1. The minimum Gasteiger partial charge on any atom is -0.345 e. The summed E-state index contributed by atoms with van der Waals surface area (Å²) in [5, 5.41) is 3.80. The van der Waals surface area contributed by atoms with E-state index in [0.29, 0.717) is 16.7 Å². The van der Waals surface area contributed by atoms with Crippen LogP contribution in [0.1, 0.15) is 35.1 Å². The van der Waals surface area contributed by atoms with Gasteiger partial charge in [0.1, 0.15) is 5.56 Å². The first-order chi connectivity index (χ1) is 12.5. The maximum atomic E-state index is 12.7. The molecule has 0 atom stereocenters. The molecule has 4 rings (SSSR count). The third-order valence-corrected chi connectivity index (χ3v) is 5.25. The third kappa shape index (κ3) is 2.61. The van der Waals surface area contributed by atoms with Crippen LogP contribution in [0.15, 0.2) is 47.7 Å². The zero-order valence-electron chi connectivity index (χ0n) is 14.7. The van der Waals surface area contributed by atoms with Gasteiger partial charge < -0.3 is 9.88 Å². The van der Waals surface area contributed by atoms with E-state index in [1.807, 2.05) is 37.4 Å². The van der Waals surface area contributed by atoms with Crippen LogP contribution in [0.2, 0.25) is 0 Å². The highest BCUT2D eigenvalue weighted by Crippen LogP contribution is 2.27. The van der Waals surface area contributed by atoms with Crippen molar-refractivity contribution in [3.63, 3.8) is 0 Å². The molecule has 7 heteroatoms. The average Bonchev–Trinajstić information content (AvgIpc) is 3.19. The van der Waals surface area contributed by atoms with Crippen molar-refractivity contribution in [3.05, 3.63) is 63.7 Å². The average molecular weight is 366 g/mol. The van der Waals surface area contributed by atoms with Gasteiger partial charge in [-0.15, -0.1) is 11.3 Å². The Morgan fingerprint density at radius 3 is 2.85 bits per heavy atom. The van der Waals surface area contributed by atoms with Gasteiger partial charge in [0.2, 0.25) is 0 Å². The molecule has 1 amide bonds. The Labute approximate surface area is 153 Å². The van der Waals surface area contributed by atoms with E-state index in [9.17, 15) is 9.59 Å². The molecule has 26 heavy (non-hydrogen) atoms. The number of aryl methyl sites for hydroxylation is 1. The minimum absolute atomic E-state index is 0.0283. The highest BCUT2D eigenvalue weighted by Gasteiger charge is 2.16. The van der Waals surface area contributed by atoms with E-state index in [2.05, 4.69) is 28.7 Å². The molecule has 0 radical (unpaired) electrons. The number of benzene rings is 1. The molecule has 6 nitrogen and oxygen atoms in total. The molecule has 132 valence electrons. The second-order valence-electron chi connectivity index (χ2n) is 6.48. The highest BCUT2D eigenvalue weighted by molar-refractivity contribution is 7.16. The lowest BCUT2D eigenvalue weighted by atomic mass is 10.2. The van der Waals surface area contributed by atoms with Gasteiger partial charge in [0, 0.05) is 34.9 Å². The van der Waals surface area contributed by atoms with Crippen molar-refractivity contribution in [2.24, 2.45) is 0 Å². The predicted molar refractivity (Wildman–Crippen MR) is 104 cm³/mol. The van der Waals surface area contributed by atoms with Gasteiger partial charge in [-0.05, 0) is 39.0 Å². The van der Waals surface area contributed by atoms with Gasteiger partial charge in [0.05, 0.1) is 11.2 Å². The number of thiazole rings is 1. The van der Waals surface area contributed by atoms with Crippen LogP contribution < -0.4 is 10.9 Å². The van der Waals surface area contributed by atoms with Crippen LogP contribution in [-0.4, -0.2) is 19.9 Å². The zero-order chi connectivity index (χ0) is 18.4. The summed E-state index contributed by atoms with van der Waals surface area (Å²) < 4.78 is 3.56. The number of nitrogens with one attached hydrogen (secondary N) is 1. The molecule has 0 fully saturated rings. The fourth-order valence-corrected chi connectivity index (χ4v) is 3.87. The second-order valence-corrected chi connectivity index (χ2v) is 7.69. The van der Waals surface area contributed by atoms with Gasteiger partial charge in [-0.3, -0.25) is 14.0 Å². The van der Waals surface area contributed by atoms with E-state index in [1.54, 1.807) is 6.20 Å². The number of amides is 1. The Hall–Kier alpha value is -2.93. The minimum atomic E-state index is -0.453. The number of anilines is 1. The van der Waals surface area contributed by atoms with Crippen LogP contribution in [0.3, 0.4) is 0 Å². The van der Waals surface area contributed by atoms with Crippen LogP contribution in [-0.2, 0) is 0 Å².